The number of hydrogen-bond acceptors (Lipinski definition) is 5. The number of pyridine rings is 1. The summed E-state index contributed by atoms with van der Waals surface area (Å²) in [6, 6.07) is 5.43. The third-order valence-electron chi connectivity index (χ3n) is 1.84. The van der Waals surface area contributed by atoms with Crippen molar-refractivity contribution in [1.29, 1.82) is 5.26 Å². The van der Waals surface area contributed by atoms with Gasteiger partial charge in [-0.3, -0.25) is 4.79 Å². The van der Waals surface area contributed by atoms with Crippen LogP contribution in [0.4, 0.5) is 0 Å². The Morgan fingerprint density at radius 1 is 1.69 bits per heavy atom. The van der Waals surface area contributed by atoms with E-state index < -0.39 is 0 Å². The maximum atomic E-state index is 11.0. The average molecular weight is 219 g/mol. The van der Waals surface area contributed by atoms with Gasteiger partial charge in [0.05, 0.1) is 13.2 Å². The fraction of sp³-hybridized carbons (Fsp3) is 0.364. The molecule has 0 spiro atoms. The van der Waals surface area contributed by atoms with Gasteiger partial charge in [-0.25, -0.2) is 4.98 Å². The quantitative estimate of drug-likeness (QED) is 0.734. The van der Waals surface area contributed by atoms with Gasteiger partial charge in [0.15, 0.2) is 0 Å². The lowest BCUT2D eigenvalue weighted by Crippen LogP contribution is -2.24. The summed E-state index contributed by atoms with van der Waals surface area (Å²) in [6.45, 7) is 2.82. The fourth-order valence-electron chi connectivity index (χ4n) is 1.17. The predicted molar refractivity (Wildman–Crippen MR) is 57.3 cm³/mol. The SMILES string of the molecule is CCOC(=O)CNCc1ccnc(C#N)c1. The summed E-state index contributed by atoms with van der Waals surface area (Å²) in [5.74, 6) is -0.280. The van der Waals surface area contributed by atoms with E-state index in [1.807, 2.05) is 6.07 Å². The highest BCUT2D eigenvalue weighted by molar-refractivity contribution is 5.71. The lowest BCUT2D eigenvalue weighted by molar-refractivity contribution is -0.142. The van der Waals surface area contributed by atoms with Gasteiger partial charge in [-0.05, 0) is 24.6 Å². The molecular weight excluding hydrogens is 206 g/mol. The van der Waals surface area contributed by atoms with Crippen LogP contribution in [0.25, 0.3) is 0 Å². The molecule has 0 amide bonds. The van der Waals surface area contributed by atoms with Crippen LogP contribution in [-0.2, 0) is 16.1 Å². The molecule has 0 aliphatic heterocycles. The first-order valence-electron chi connectivity index (χ1n) is 4.97. The maximum absolute atomic E-state index is 11.0. The van der Waals surface area contributed by atoms with Crippen LogP contribution in [0.2, 0.25) is 0 Å². The Morgan fingerprint density at radius 2 is 2.50 bits per heavy atom. The first-order valence-corrected chi connectivity index (χ1v) is 4.97. The molecule has 0 bridgehead atoms. The van der Waals surface area contributed by atoms with Gasteiger partial charge in [0, 0.05) is 12.7 Å². The van der Waals surface area contributed by atoms with Crippen LogP contribution in [0.1, 0.15) is 18.2 Å². The van der Waals surface area contributed by atoms with Gasteiger partial charge in [-0.1, -0.05) is 0 Å². The Hall–Kier alpha value is -1.93. The molecule has 0 saturated carbocycles. The lowest BCUT2D eigenvalue weighted by Gasteiger charge is -2.04. The first kappa shape index (κ1) is 12.1. The molecule has 1 N–H and O–H groups in total. The second-order valence-electron chi connectivity index (χ2n) is 3.07. The van der Waals surface area contributed by atoms with Crippen molar-refractivity contribution in [3.8, 4) is 6.07 Å². The first-order chi connectivity index (χ1) is 7.76. The number of esters is 1. The summed E-state index contributed by atoms with van der Waals surface area (Å²) in [5.41, 5.74) is 1.28. The van der Waals surface area contributed by atoms with Crippen molar-refractivity contribution >= 4 is 5.97 Å². The smallest absolute Gasteiger partial charge is 0.319 e. The second-order valence-corrected chi connectivity index (χ2v) is 3.07. The Morgan fingerprint density at radius 3 is 3.19 bits per heavy atom. The van der Waals surface area contributed by atoms with E-state index in [0.717, 1.165) is 5.56 Å². The number of carbonyl (C=O) groups excluding carboxylic acids is 1. The number of nitrogens with zero attached hydrogens (tertiary/aromatic N) is 2. The number of nitrogens with one attached hydrogen (secondary N) is 1. The van der Waals surface area contributed by atoms with E-state index in [4.69, 9.17) is 10.00 Å². The highest BCUT2D eigenvalue weighted by Crippen LogP contribution is 1.99. The Bertz CT molecular complexity index is 398. The molecule has 0 atom stereocenters. The Balaban J connectivity index is 2.37. The molecule has 0 saturated heterocycles. The Kier molecular flexibility index (Phi) is 4.96. The minimum absolute atomic E-state index is 0.165. The zero-order valence-electron chi connectivity index (χ0n) is 9.06. The van der Waals surface area contributed by atoms with E-state index in [1.54, 1.807) is 25.3 Å². The number of aromatic nitrogens is 1. The van der Waals surface area contributed by atoms with E-state index in [1.165, 1.54) is 0 Å². The molecule has 1 heterocycles. The molecule has 5 nitrogen and oxygen atoms in total. The van der Waals surface area contributed by atoms with Crippen molar-refractivity contribution in [2.24, 2.45) is 0 Å². The van der Waals surface area contributed by atoms with Crippen molar-refractivity contribution in [2.75, 3.05) is 13.2 Å². The van der Waals surface area contributed by atoms with E-state index in [2.05, 4.69) is 10.3 Å². The van der Waals surface area contributed by atoms with E-state index in [9.17, 15) is 4.79 Å². The van der Waals surface area contributed by atoms with Gasteiger partial charge < -0.3 is 10.1 Å². The molecule has 16 heavy (non-hydrogen) atoms. The fourth-order valence-corrected chi connectivity index (χ4v) is 1.17. The van der Waals surface area contributed by atoms with Crippen molar-refractivity contribution in [1.82, 2.24) is 10.3 Å². The van der Waals surface area contributed by atoms with Crippen LogP contribution < -0.4 is 5.32 Å². The molecule has 0 unspecified atom stereocenters. The minimum atomic E-state index is -0.280. The molecule has 1 aromatic rings. The summed E-state index contributed by atoms with van der Waals surface area (Å²) < 4.78 is 4.76. The molecule has 0 aromatic carbocycles. The van der Waals surface area contributed by atoms with Crippen molar-refractivity contribution in [2.45, 2.75) is 13.5 Å². The average Bonchev–Trinajstić information content (AvgIpc) is 2.30. The minimum Gasteiger partial charge on any atom is -0.465 e. The van der Waals surface area contributed by atoms with Gasteiger partial charge in [0.25, 0.3) is 0 Å². The molecule has 1 aromatic heterocycles. The molecule has 84 valence electrons. The predicted octanol–water partition coefficient (Wildman–Crippen LogP) is 0.606. The standard InChI is InChI=1S/C11H13N3O2/c1-2-16-11(15)8-13-7-9-3-4-14-10(5-9)6-12/h3-5,13H,2,7-8H2,1H3. The molecule has 1 rings (SSSR count). The van der Waals surface area contributed by atoms with Crippen LogP contribution in [0, 0.1) is 11.3 Å². The highest BCUT2D eigenvalue weighted by atomic mass is 16.5. The normalized spacial score (nSPS) is 9.50. The molecular formula is C11H13N3O2. The zero-order chi connectivity index (χ0) is 11.8. The topological polar surface area (TPSA) is 75.0 Å². The third kappa shape index (κ3) is 4.07. The summed E-state index contributed by atoms with van der Waals surface area (Å²) in [6.07, 6.45) is 1.57. The van der Waals surface area contributed by atoms with Crippen LogP contribution in [0.15, 0.2) is 18.3 Å². The molecule has 0 radical (unpaired) electrons. The van der Waals surface area contributed by atoms with Crippen LogP contribution >= 0.6 is 0 Å². The van der Waals surface area contributed by atoms with Crippen LogP contribution in [-0.4, -0.2) is 24.1 Å². The summed E-state index contributed by atoms with van der Waals surface area (Å²) in [4.78, 5) is 14.9. The van der Waals surface area contributed by atoms with E-state index in [0.29, 0.717) is 18.8 Å². The van der Waals surface area contributed by atoms with Gasteiger partial charge >= 0.3 is 5.97 Å². The summed E-state index contributed by atoms with van der Waals surface area (Å²) >= 11 is 0. The lowest BCUT2D eigenvalue weighted by atomic mass is 10.2. The van der Waals surface area contributed by atoms with Crippen LogP contribution in [0.5, 0.6) is 0 Å². The van der Waals surface area contributed by atoms with Crippen LogP contribution in [0.3, 0.4) is 0 Å². The van der Waals surface area contributed by atoms with Gasteiger partial charge in [0.1, 0.15) is 11.8 Å². The molecule has 0 aliphatic rings. The van der Waals surface area contributed by atoms with Crippen molar-refractivity contribution in [3.05, 3.63) is 29.6 Å². The number of hydrogen-bond donors (Lipinski definition) is 1. The number of carbonyl (C=O) groups is 1. The van der Waals surface area contributed by atoms with E-state index >= 15 is 0 Å². The van der Waals surface area contributed by atoms with E-state index in [-0.39, 0.29) is 12.5 Å². The third-order valence-corrected chi connectivity index (χ3v) is 1.84. The Labute approximate surface area is 94.1 Å². The van der Waals surface area contributed by atoms with Gasteiger partial charge in [0.2, 0.25) is 0 Å². The molecule has 5 heteroatoms. The highest BCUT2D eigenvalue weighted by Gasteiger charge is 2.01. The van der Waals surface area contributed by atoms with Crippen molar-refractivity contribution in [3.63, 3.8) is 0 Å². The number of ether oxygens (including phenoxy) is 1. The maximum Gasteiger partial charge on any atom is 0.319 e. The number of rotatable bonds is 5. The zero-order valence-corrected chi connectivity index (χ0v) is 9.06. The molecule has 0 aliphatic carbocycles. The van der Waals surface area contributed by atoms with Crippen molar-refractivity contribution < 1.29 is 9.53 Å². The molecule has 0 fully saturated rings. The second kappa shape index (κ2) is 6.53. The van der Waals surface area contributed by atoms with Gasteiger partial charge in [-0.15, -0.1) is 0 Å². The number of nitriles is 1. The summed E-state index contributed by atoms with van der Waals surface area (Å²) in [5, 5.41) is 11.6. The van der Waals surface area contributed by atoms with Gasteiger partial charge in [-0.2, -0.15) is 5.26 Å². The largest absolute Gasteiger partial charge is 0.465 e. The summed E-state index contributed by atoms with van der Waals surface area (Å²) in [7, 11) is 0. The monoisotopic (exact) mass is 219 g/mol.